The zero-order valence-electron chi connectivity index (χ0n) is 7.81. The van der Waals surface area contributed by atoms with Gasteiger partial charge in [0.2, 0.25) is 0 Å². The molecule has 1 rings (SSSR count). The highest BCUT2D eigenvalue weighted by molar-refractivity contribution is 5.50. The van der Waals surface area contributed by atoms with Crippen molar-refractivity contribution in [2.24, 2.45) is 5.11 Å². The highest BCUT2D eigenvalue weighted by Gasteiger charge is 1.93. The summed E-state index contributed by atoms with van der Waals surface area (Å²) in [6.07, 6.45) is 3.42. The molecule has 0 aliphatic rings. The van der Waals surface area contributed by atoms with Gasteiger partial charge in [-0.25, -0.2) is 4.39 Å². The Bertz CT molecular complexity index is 372. The normalized spacial score (nSPS) is 10.1. The van der Waals surface area contributed by atoms with Crippen LogP contribution in [0.15, 0.2) is 29.4 Å². The molecular formula is C10H10FN3. The topological polar surface area (TPSA) is 48.8 Å². The number of azide groups is 1. The predicted octanol–water partition coefficient (Wildman–Crippen LogP) is 3.46. The highest BCUT2D eigenvalue weighted by atomic mass is 19.1. The number of hydrogen-bond donors (Lipinski definition) is 0. The lowest BCUT2D eigenvalue weighted by Gasteiger charge is -1.96. The van der Waals surface area contributed by atoms with Gasteiger partial charge in [-0.1, -0.05) is 23.3 Å². The molecule has 0 bridgehead atoms. The zero-order valence-corrected chi connectivity index (χ0v) is 7.81. The van der Waals surface area contributed by atoms with Crippen molar-refractivity contribution in [3.63, 3.8) is 0 Å². The van der Waals surface area contributed by atoms with Gasteiger partial charge >= 0.3 is 0 Å². The summed E-state index contributed by atoms with van der Waals surface area (Å²) in [6.45, 7) is 2.11. The molecule has 0 unspecified atom stereocenters. The first-order valence-corrected chi connectivity index (χ1v) is 4.17. The van der Waals surface area contributed by atoms with Gasteiger partial charge in [-0.2, -0.15) is 0 Å². The lowest BCUT2D eigenvalue weighted by molar-refractivity contribution is 0.626. The minimum absolute atomic E-state index is 0.256. The maximum Gasteiger partial charge on any atom is 0.124 e. The van der Waals surface area contributed by atoms with Crippen LogP contribution in [-0.4, -0.2) is 6.54 Å². The summed E-state index contributed by atoms with van der Waals surface area (Å²) >= 11 is 0. The van der Waals surface area contributed by atoms with Crippen LogP contribution in [-0.2, 0) is 0 Å². The van der Waals surface area contributed by atoms with E-state index >= 15 is 0 Å². The zero-order chi connectivity index (χ0) is 10.4. The van der Waals surface area contributed by atoms with E-state index < -0.39 is 0 Å². The molecule has 72 valence electrons. The van der Waals surface area contributed by atoms with Crippen molar-refractivity contribution in [2.45, 2.75) is 6.92 Å². The van der Waals surface area contributed by atoms with Crippen LogP contribution in [0.1, 0.15) is 11.1 Å². The van der Waals surface area contributed by atoms with Crippen molar-refractivity contribution < 1.29 is 4.39 Å². The van der Waals surface area contributed by atoms with Crippen molar-refractivity contribution in [3.05, 3.63) is 51.7 Å². The number of rotatable bonds is 3. The molecule has 4 heteroatoms. The second kappa shape index (κ2) is 5.04. The quantitative estimate of drug-likeness (QED) is 0.399. The first-order chi connectivity index (χ1) is 6.72. The summed E-state index contributed by atoms with van der Waals surface area (Å²) in [7, 11) is 0. The van der Waals surface area contributed by atoms with E-state index in [1.165, 1.54) is 12.1 Å². The Morgan fingerprint density at radius 2 is 2.29 bits per heavy atom. The van der Waals surface area contributed by atoms with Crippen LogP contribution in [0.2, 0.25) is 0 Å². The Morgan fingerprint density at radius 3 is 2.93 bits per heavy atom. The maximum atomic E-state index is 12.9. The van der Waals surface area contributed by atoms with Crippen LogP contribution in [0, 0.1) is 12.7 Å². The number of hydrogen-bond acceptors (Lipinski definition) is 1. The van der Waals surface area contributed by atoms with Crippen LogP contribution in [0.4, 0.5) is 4.39 Å². The fourth-order valence-corrected chi connectivity index (χ4v) is 1.13. The van der Waals surface area contributed by atoms with Gasteiger partial charge in [-0.15, -0.1) is 0 Å². The molecule has 0 aromatic heterocycles. The van der Waals surface area contributed by atoms with Gasteiger partial charge in [0.1, 0.15) is 5.82 Å². The monoisotopic (exact) mass is 191 g/mol. The summed E-state index contributed by atoms with van der Waals surface area (Å²) in [5.41, 5.74) is 9.66. The van der Waals surface area contributed by atoms with Gasteiger partial charge < -0.3 is 0 Å². The van der Waals surface area contributed by atoms with Crippen LogP contribution in [0.25, 0.3) is 16.5 Å². The number of aryl methyl sites for hydroxylation is 1. The van der Waals surface area contributed by atoms with Gasteiger partial charge in [-0.3, -0.25) is 0 Å². The van der Waals surface area contributed by atoms with E-state index in [0.29, 0.717) is 0 Å². The van der Waals surface area contributed by atoms with Crippen LogP contribution < -0.4 is 0 Å². The molecule has 0 N–H and O–H groups in total. The predicted molar refractivity (Wildman–Crippen MR) is 54.2 cm³/mol. The van der Waals surface area contributed by atoms with Gasteiger partial charge in [0.15, 0.2) is 0 Å². The fourth-order valence-electron chi connectivity index (χ4n) is 1.13. The lowest BCUT2D eigenvalue weighted by atomic mass is 10.1. The number of halogens is 1. The van der Waals surface area contributed by atoms with E-state index in [1.807, 2.05) is 13.0 Å². The Balaban J connectivity index is 2.75. The average Bonchev–Trinajstić information content (AvgIpc) is 2.11. The summed E-state index contributed by atoms with van der Waals surface area (Å²) in [4.78, 5) is 2.60. The second-order valence-electron chi connectivity index (χ2n) is 2.88. The molecule has 0 atom stereocenters. The average molecular weight is 191 g/mol. The molecule has 1 aromatic rings. The van der Waals surface area contributed by atoms with Crippen molar-refractivity contribution in [1.29, 1.82) is 0 Å². The van der Waals surface area contributed by atoms with E-state index in [2.05, 4.69) is 10.0 Å². The van der Waals surface area contributed by atoms with Crippen molar-refractivity contribution in [2.75, 3.05) is 6.54 Å². The summed E-state index contributed by atoms with van der Waals surface area (Å²) in [5.74, 6) is -0.256. The maximum absolute atomic E-state index is 12.9. The van der Waals surface area contributed by atoms with Gasteiger partial charge in [0.05, 0.1) is 0 Å². The number of nitrogens with zero attached hydrogens (tertiary/aromatic N) is 3. The van der Waals surface area contributed by atoms with Gasteiger partial charge in [0.25, 0.3) is 0 Å². The third-order valence-corrected chi connectivity index (χ3v) is 1.63. The largest absolute Gasteiger partial charge is 0.207 e. The molecular weight excluding hydrogens is 181 g/mol. The summed E-state index contributed by atoms with van der Waals surface area (Å²) in [5, 5.41) is 3.33. The third-order valence-electron chi connectivity index (χ3n) is 1.63. The lowest BCUT2D eigenvalue weighted by Crippen LogP contribution is -1.81. The molecule has 0 aliphatic heterocycles. The van der Waals surface area contributed by atoms with Crippen molar-refractivity contribution in [1.82, 2.24) is 0 Å². The Morgan fingerprint density at radius 1 is 1.50 bits per heavy atom. The standard InChI is InChI=1S/C10H10FN3/c1-8-5-9(7-10(11)6-8)3-2-4-13-14-12/h2-3,5-7H,4H2,1H3. The molecule has 3 nitrogen and oxygen atoms in total. The fraction of sp³-hybridized carbons (Fsp3) is 0.200. The Labute approximate surface area is 81.5 Å². The Kier molecular flexibility index (Phi) is 3.70. The molecule has 14 heavy (non-hydrogen) atoms. The minimum Gasteiger partial charge on any atom is -0.207 e. The van der Waals surface area contributed by atoms with E-state index in [9.17, 15) is 4.39 Å². The van der Waals surface area contributed by atoms with Crippen molar-refractivity contribution >= 4 is 6.08 Å². The first kappa shape index (κ1) is 10.3. The molecule has 1 aromatic carbocycles. The van der Waals surface area contributed by atoms with Gasteiger partial charge in [-0.05, 0) is 35.7 Å². The second-order valence-corrected chi connectivity index (χ2v) is 2.88. The first-order valence-electron chi connectivity index (χ1n) is 4.17. The highest BCUT2D eigenvalue weighted by Crippen LogP contribution is 2.09. The van der Waals surface area contributed by atoms with E-state index in [4.69, 9.17) is 5.53 Å². The van der Waals surface area contributed by atoms with Crippen LogP contribution in [0.3, 0.4) is 0 Å². The van der Waals surface area contributed by atoms with Crippen molar-refractivity contribution in [3.8, 4) is 0 Å². The van der Waals surface area contributed by atoms with Crippen LogP contribution in [0.5, 0.6) is 0 Å². The number of benzene rings is 1. The van der Waals surface area contributed by atoms with E-state index in [0.717, 1.165) is 11.1 Å². The van der Waals surface area contributed by atoms with Gasteiger partial charge in [0, 0.05) is 11.5 Å². The molecule has 0 heterocycles. The molecule has 0 saturated heterocycles. The molecule has 0 aliphatic carbocycles. The Hall–Kier alpha value is -1.80. The minimum atomic E-state index is -0.256. The molecule has 0 saturated carbocycles. The summed E-state index contributed by atoms with van der Waals surface area (Å²) in [6, 6.07) is 4.75. The molecule has 0 amide bonds. The SMILES string of the molecule is Cc1cc(F)cc(C=CCN=[N+]=[N-])c1. The molecule has 0 spiro atoms. The van der Waals surface area contributed by atoms with Crippen LogP contribution >= 0.6 is 0 Å². The molecule has 0 fully saturated rings. The van der Waals surface area contributed by atoms with E-state index in [-0.39, 0.29) is 12.4 Å². The third kappa shape index (κ3) is 3.29. The summed E-state index contributed by atoms with van der Waals surface area (Å²) < 4.78 is 12.9. The molecule has 0 radical (unpaired) electrons. The van der Waals surface area contributed by atoms with E-state index in [1.54, 1.807) is 12.2 Å². The smallest absolute Gasteiger partial charge is 0.124 e.